The number of hydrogen-bond acceptors (Lipinski definition) is 4. The average molecular weight is 266 g/mol. The van der Waals surface area contributed by atoms with Gasteiger partial charge in [0, 0.05) is 26.1 Å². The molecule has 0 amide bonds. The molecule has 0 saturated carbocycles. The fraction of sp³-hybridized carbons (Fsp3) is 0.571. The number of carbonyl (C=O) groups is 1. The quantitative estimate of drug-likeness (QED) is 0.839. The van der Waals surface area contributed by atoms with Crippen molar-refractivity contribution in [2.45, 2.75) is 25.9 Å². The highest BCUT2D eigenvalue weighted by molar-refractivity contribution is 5.94. The molecule has 1 aromatic heterocycles. The van der Waals surface area contributed by atoms with Crippen LogP contribution in [0.5, 0.6) is 0 Å². The number of aliphatic hydroxyl groups excluding tert-OH is 1. The number of nitrogens with zero attached hydrogens (tertiary/aromatic N) is 2. The molecule has 0 bridgehead atoms. The second-order valence-electron chi connectivity index (χ2n) is 5.17. The largest absolute Gasteiger partial charge is 0.393 e. The summed E-state index contributed by atoms with van der Waals surface area (Å²) in [5, 5.41) is 9.64. The molecule has 2 atom stereocenters. The number of ketones is 1. The Morgan fingerprint density at radius 1 is 1.58 bits per heavy atom. The molecule has 0 aromatic carbocycles. The van der Waals surface area contributed by atoms with E-state index in [-0.39, 0.29) is 17.8 Å². The van der Waals surface area contributed by atoms with Gasteiger partial charge >= 0.3 is 0 Å². The van der Waals surface area contributed by atoms with Gasteiger partial charge in [-0.3, -0.25) is 9.78 Å². The molecule has 0 aliphatic carbocycles. The minimum atomic E-state index is -0.435. The Hall–Kier alpha value is -1.33. The number of carbonyl (C=O) groups excluding carboxylic acids is 1. The molecule has 2 rings (SSSR count). The van der Waals surface area contributed by atoms with Gasteiger partial charge in [0.2, 0.25) is 0 Å². The van der Waals surface area contributed by atoms with Gasteiger partial charge < -0.3 is 10.0 Å². The molecule has 4 nitrogen and oxygen atoms in total. The second kappa shape index (κ2) is 6.21. The van der Waals surface area contributed by atoms with Crippen molar-refractivity contribution in [3.63, 3.8) is 0 Å². The van der Waals surface area contributed by atoms with Gasteiger partial charge in [-0.25, -0.2) is 4.39 Å². The molecule has 2 unspecified atom stereocenters. The van der Waals surface area contributed by atoms with Crippen molar-refractivity contribution in [2.24, 2.45) is 5.92 Å². The summed E-state index contributed by atoms with van der Waals surface area (Å²) in [5.41, 5.74) is 0.312. The van der Waals surface area contributed by atoms with Crippen molar-refractivity contribution in [3.05, 3.63) is 29.8 Å². The first-order chi connectivity index (χ1) is 9.06. The average Bonchev–Trinajstić information content (AvgIpc) is 2.40. The fourth-order valence-electron chi connectivity index (χ4n) is 2.35. The van der Waals surface area contributed by atoms with Crippen molar-refractivity contribution in [1.82, 2.24) is 9.88 Å². The van der Waals surface area contributed by atoms with Crippen LogP contribution in [0.25, 0.3) is 0 Å². The van der Waals surface area contributed by atoms with Crippen LogP contribution in [0.4, 0.5) is 4.39 Å². The maximum absolute atomic E-state index is 12.7. The summed E-state index contributed by atoms with van der Waals surface area (Å²) >= 11 is 0. The van der Waals surface area contributed by atoms with Crippen LogP contribution < -0.4 is 0 Å². The van der Waals surface area contributed by atoms with E-state index in [1.54, 1.807) is 0 Å². The third-order valence-corrected chi connectivity index (χ3v) is 3.61. The molecular formula is C14H19FN2O2. The van der Waals surface area contributed by atoms with Crippen LogP contribution in [0.15, 0.2) is 18.3 Å². The summed E-state index contributed by atoms with van der Waals surface area (Å²) in [6, 6.07) is 2.67. The zero-order valence-electron chi connectivity index (χ0n) is 11.1. The van der Waals surface area contributed by atoms with Crippen LogP contribution in [0.1, 0.15) is 30.3 Å². The molecule has 1 aliphatic rings. The van der Waals surface area contributed by atoms with Gasteiger partial charge in [0.05, 0.1) is 12.3 Å². The summed E-state index contributed by atoms with van der Waals surface area (Å²) in [5.74, 6) is -0.262. The van der Waals surface area contributed by atoms with Crippen molar-refractivity contribution in [3.8, 4) is 0 Å². The van der Waals surface area contributed by atoms with Crippen LogP contribution in [0.2, 0.25) is 0 Å². The minimum Gasteiger partial charge on any atom is -0.393 e. The fourth-order valence-corrected chi connectivity index (χ4v) is 2.35. The van der Waals surface area contributed by atoms with E-state index >= 15 is 0 Å². The molecule has 5 heteroatoms. The van der Waals surface area contributed by atoms with Crippen LogP contribution in [-0.4, -0.2) is 46.5 Å². The maximum atomic E-state index is 12.7. The summed E-state index contributed by atoms with van der Waals surface area (Å²) in [4.78, 5) is 17.8. The Kier molecular flexibility index (Phi) is 4.61. The summed E-state index contributed by atoms with van der Waals surface area (Å²) in [6.45, 7) is 4.30. The third kappa shape index (κ3) is 3.81. The normalized spacial score (nSPS) is 24.4. The first-order valence-electron chi connectivity index (χ1n) is 6.61. The predicted molar refractivity (Wildman–Crippen MR) is 69.4 cm³/mol. The molecule has 1 saturated heterocycles. The van der Waals surface area contributed by atoms with Gasteiger partial charge in [0.1, 0.15) is 11.5 Å². The van der Waals surface area contributed by atoms with E-state index < -0.39 is 5.82 Å². The molecule has 1 aliphatic heterocycles. The lowest BCUT2D eigenvalue weighted by atomic mass is 9.96. The summed E-state index contributed by atoms with van der Waals surface area (Å²) < 4.78 is 12.7. The predicted octanol–water partition coefficient (Wildman–Crippen LogP) is 1.50. The number of aromatic nitrogens is 1. The second-order valence-corrected chi connectivity index (χ2v) is 5.17. The number of pyridine rings is 1. The van der Waals surface area contributed by atoms with Crippen molar-refractivity contribution < 1.29 is 14.3 Å². The highest BCUT2D eigenvalue weighted by Crippen LogP contribution is 2.16. The van der Waals surface area contributed by atoms with Gasteiger partial charge in [-0.15, -0.1) is 0 Å². The smallest absolute Gasteiger partial charge is 0.182 e. The van der Waals surface area contributed by atoms with E-state index in [1.165, 1.54) is 12.1 Å². The monoisotopic (exact) mass is 266 g/mol. The molecule has 1 fully saturated rings. The zero-order valence-corrected chi connectivity index (χ0v) is 11.1. The Balaban J connectivity index is 1.82. The standard InChI is InChI=1S/C14H19FN2O2/c1-10-9-17(6-4-13(10)18)7-5-14(19)12-3-2-11(15)8-16-12/h2-3,8,10,13,18H,4-7,9H2,1H3. The van der Waals surface area contributed by atoms with Crippen molar-refractivity contribution in [1.29, 1.82) is 0 Å². The molecule has 19 heavy (non-hydrogen) atoms. The number of rotatable bonds is 4. The van der Waals surface area contributed by atoms with E-state index in [0.717, 1.165) is 25.7 Å². The number of halogens is 1. The van der Waals surface area contributed by atoms with E-state index in [4.69, 9.17) is 0 Å². The Labute approximate surface area is 112 Å². The minimum absolute atomic E-state index is 0.0706. The van der Waals surface area contributed by atoms with Crippen LogP contribution >= 0.6 is 0 Å². The lowest BCUT2D eigenvalue weighted by Gasteiger charge is -2.34. The molecule has 1 N–H and O–H groups in total. The maximum Gasteiger partial charge on any atom is 0.182 e. The molecule has 104 valence electrons. The number of hydrogen-bond donors (Lipinski definition) is 1. The van der Waals surface area contributed by atoms with E-state index in [1.807, 2.05) is 6.92 Å². The molecule has 1 aromatic rings. The van der Waals surface area contributed by atoms with Gasteiger partial charge in [0.25, 0.3) is 0 Å². The summed E-state index contributed by atoms with van der Waals surface area (Å²) in [6.07, 6.45) is 1.96. The molecule has 0 radical (unpaired) electrons. The van der Waals surface area contributed by atoms with Crippen LogP contribution in [0, 0.1) is 11.7 Å². The highest BCUT2D eigenvalue weighted by atomic mass is 19.1. The van der Waals surface area contributed by atoms with E-state index in [0.29, 0.717) is 18.7 Å². The lowest BCUT2D eigenvalue weighted by molar-refractivity contribution is 0.0346. The zero-order chi connectivity index (χ0) is 13.8. The van der Waals surface area contributed by atoms with E-state index in [2.05, 4.69) is 9.88 Å². The Morgan fingerprint density at radius 2 is 2.37 bits per heavy atom. The third-order valence-electron chi connectivity index (χ3n) is 3.61. The molecule has 0 spiro atoms. The first kappa shape index (κ1) is 14.1. The highest BCUT2D eigenvalue weighted by Gasteiger charge is 2.24. The Morgan fingerprint density at radius 3 is 3.00 bits per heavy atom. The number of aliphatic hydroxyl groups is 1. The van der Waals surface area contributed by atoms with Gasteiger partial charge in [-0.2, -0.15) is 0 Å². The Bertz CT molecular complexity index is 436. The number of likely N-dealkylation sites (tertiary alicyclic amines) is 1. The number of Topliss-reactive ketones (excluding diaryl/α,β-unsaturated/α-hetero) is 1. The van der Waals surface area contributed by atoms with Crippen LogP contribution in [-0.2, 0) is 0 Å². The lowest BCUT2D eigenvalue weighted by Crippen LogP contribution is -2.42. The van der Waals surface area contributed by atoms with Crippen LogP contribution in [0.3, 0.4) is 0 Å². The van der Waals surface area contributed by atoms with Gasteiger partial charge in [0.15, 0.2) is 5.78 Å². The topological polar surface area (TPSA) is 53.4 Å². The number of piperidine rings is 1. The van der Waals surface area contributed by atoms with E-state index in [9.17, 15) is 14.3 Å². The van der Waals surface area contributed by atoms with Gasteiger partial charge in [-0.1, -0.05) is 6.92 Å². The van der Waals surface area contributed by atoms with Crippen molar-refractivity contribution >= 4 is 5.78 Å². The van der Waals surface area contributed by atoms with Gasteiger partial charge in [-0.05, 0) is 24.5 Å². The summed E-state index contributed by atoms with van der Waals surface area (Å²) in [7, 11) is 0. The molecule has 2 heterocycles. The first-order valence-corrected chi connectivity index (χ1v) is 6.61. The molecular weight excluding hydrogens is 247 g/mol. The SMILES string of the molecule is CC1CN(CCC(=O)c2ccc(F)cn2)CCC1O. The van der Waals surface area contributed by atoms with Crippen molar-refractivity contribution in [2.75, 3.05) is 19.6 Å².